The van der Waals surface area contributed by atoms with Crippen molar-refractivity contribution in [2.24, 2.45) is 0 Å². The molecular formula is C23H29FN2O4S. The van der Waals surface area contributed by atoms with Crippen LogP contribution in [0, 0.1) is 5.82 Å². The van der Waals surface area contributed by atoms with E-state index in [0.717, 1.165) is 29.0 Å². The first-order valence-corrected chi connectivity index (χ1v) is 12.3. The molecule has 0 saturated carbocycles. The Labute approximate surface area is 183 Å². The summed E-state index contributed by atoms with van der Waals surface area (Å²) in [6.07, 6.45) is 3.06. The van der Waals surface area contributed by atoms with Crippen molar-refractivity contribution >= 4 is 21.6 Å². The van der Waals surface area contributed by atoms with Gasteiger partial charge in [-0.15, -0.1) is 0 Å². The van der Waals surface area contributed by atoms with E-state index in [9.17, 15) is 17.6 Å². The summed E-state index contributed by atoms with van der Waals surface area (Å²) >= 11 is 0. The number of fused-ring (bicyclic) bond motifs is 1. The number of nitrogens with one attached hydrogen (secondary N) is 1. The number of para-hydroxylation sites is 2. The Hall–Kier alpha value is -2.61. The normalized spacial score (nSPS) is 18.4. The van der Waals surface area contributed by atoms with Gasteiger partial charge in [0.1, 0.15) is 23.2 Å². The minimum absolute atomic E-state index is 0.156. The number of anilines is 1. The average Bonchev–Trinajstić information content (AvgIpc) is 2.74. The molecule has 0 unspecified atom stereocenters. The topological polar surface area (TPSA) is 75.7 Å². The second kappa shape index (κ2) is 8.86. The number of carbonyl (C=O) groups excluding carboxylic acids is 1. The van der Waals surface area contributed by atoms with Crippen molar-refractivity contribution in [2.45, 2.75) is 57.7 Å². The summed E-state index contributed by atoms with van der Waals surface area (Å²) < 4.78 is 46.4. The van der Waals surface area contributed by atoms with Crippen molar-refractivity contribution in [1.29, 1.82) is 0 Å². The number of sulfonamides is 1. The largest absolute Gasteiger partial charge is 0.487 e. The quantitative estimate of drug-likeness (QED) is 0.690. The number of hydrogen-bond donors (Lipinski definition) is 1. The van der Waals surface area contributed by atoms with Gasteiger partial charge in [-0.05, 0) is 38.0 Å². The molecule has 0 fully saturated rings. The molecule has 1 N–H and O–H groups in total. The third-order valence-corrected chi connectivity index (χ3v) is 7.21. The van der Waals surface area contributed by atoms with E-state index < -0.39 is 33.4 Å². The second-order valence-corrected chi connectivity index (χ2v) is 9.84. The van der Waals surface area contributed by atoms with Crippen LogP contribution in [0.15, 0.2) is 48.5 Å². The molecule has 1 aliphatic heterocycles. The molecule has 6 nitrogen and oxygen atoms in total. The number of carbonyl (C=O) groups is 1. The molecule has 2 atom stereocenters. The number of rotatable bonds is 7. The molecule has 8 heteroatoms. The highest BCUT2D eigenvalue weighted by Gasteiger charge is 2.40. The van der Waals surface area contributed by atoms with E-state index in [4.69, 9.17) is 4.74 Å². The first-order valence-electron chi connectivity index (χ1n) is 10.4. The minimum atomic E-state index is -3.91. The van der Waals surface area contributed by atoms with E-state index in [0.29, 0.717) is 12.2 Å². The van der Waals surface area contributed by atoms with E-state index in [2.05, 4.69) is 5.32 Å². The Bertz CT molecular complexity index is 1050. The SMILES string of the molecule is CCC1(CC)C[C@@H](NC(=O)[C@@H](C)N(c2ccccc2F)S(C)(=O)=O)c2ccccc2O1. The van der Waals surface area contributed by atoms with E-state index in [-0.39, 0.29) is 11.7 Å². The van der Waals surface area contributed by atoms with Crippen LogP contribution in [-0.4, -0.2) is 32.2 Å². The molecule has 2 aromatic rings. The third kappa shape index (κ3) is 4.69. The molecule has 0 radical (unpaired) electrons. The second-order valence-electron chi connectivity index (χ2n) is 7.98. The molecule has 0 aliphatic carbocycles. The number of nitrogens with zero attached hydrogens (tertiary/aromatic N) is 1. The minimum Gasteiger partial charge on any atom is -0.487 e. The van der Waals surface area contributed by atoms with Gasteiger partial charge in [0, 0.05) is 12.0 Å². The maximum absolute atomic E-state index is 14.4. The molecule has 1 heterocycles. The first kappa shape index (κ1) is 23.1. The summed E-state index contributed by atoms with van der Waals surface area (Å²) in [4.78, 5) is 13.2. The molecule has 1 aliphatic rings. The number of amides is 1. The maximum Gasteiger partial charge on any atom is 0.244 e. The highest BCUT2D eigenvalue weighted by atomic mass is 32.2. The molecular weight excluding hydrogens is 419 g/mol. The molecule has 2 aromatic carbocycles. The highest BCUT2D eigenvalue weighted by Crippen LogP contribution is 2.42. The lowest BCUT2D eigenvalue weighted by atomic mass is 9.83. The number of ether oxygens (including phenoxy) is 1. The van der Waals surface area contributed by atoms with Crippen LogP contribution < -0.4 is 14.4 Å². The Morgan fingerprint density at radius 1 is 1.19 bits per heavy atom. The average molecular weight is 449 g/mol. The van der Waals surface area contributed by atoms with Crippen LogP contribution >= 0.6 is 0 Å². The van der Waals surface area contributed by atoms with Gasteiger partial charge < -0.3 is 10.1 Å². The predicted octanol–water partition coefficient (Wildman–Crippen LogP) is 4.18. The van der Waals surface area contributed by atoms with Gasteiger partial charge in [-0.25, -0.2) is 12.8 Å². The zero-order chi connectivity index (χ0) is 22.8. The fourth-order valence-electron chi connectivity index (χ4n) is 4.13. The summed E-state index contributed by atoms with van der Waals surface area (Å²) in [5, 5.41) is 2.99. The van der Waals surface area contributed by atoms with Crippen molar-refractivity contribution in [1.82, 2.24) is 5.32 Å². The fraction of sp³-hybridized carbons (Fsp3) is 0.435. The van der Waals surface area contributed by atoms with Crippen LogP contribution in [0.25, 0.3) is 0 Å². The molecule has 168 valence electrons. The maximum atomic E-state index is 14.4. The van der Waals surface area contributed by atoms with Crippen molar-refractivity contribution in [3.05, 3.63) is 59.9 Å². The summed E-state index contributed by atoms with van der Waals surface area (Å²) in [6.45, 7) is 5.55. The van der Waals surface area contributed by atoms with Gasteiger partial charge in [0.25, 0.3) is 0 Å². The van der Waals surface area contributed by atoms with Crippen LogP contribution in [0.1, 0.15) is 51.6 Å². The van der Waals surface area contributed by atoms with Gasteiger partial charge >= 0.3 is 0 Å². The standard InChI is InChI=1S/C23H29FN2O4S/c1-5-23(6-2)15-19(17-11-7-10-14-21(17)30-23)25-22(27)16(3)26(31(4,28)29)20-13-9-8-12-18(20)24/h7-14,16,19H,5-6,15H2,1-4H3,(H,25,27)/t16-,19-/m1/s1. The monoisotopic (exact) mass is 448 g/mol. The van der Waals surface area contributed by atoms with Gasteiger partial charge in [-0.3, -0.25) is 9.10 Å². The third-order valence-electron chi connectivity index (χ3n) is 5.98. The van der Waals surface area contributed by atoms with Crippen molar-refractivity contribution in [3.8, 4) is 5.75 Å². The Kier molecular flexibility index (Phi) is 6.59. The number of benzene rings is 2. The first-order chi connectivity index (χ1) is 14.6. The van der Waals surface area contributed by atoms with Crippen molar-refractivity contribution in [2.75, 3.05) is 10.6 Å². The summed E-state index contributed by atoms with van der Waals surface area (Å²) in [5.74, 6) is -0.499. The summed E-state index contributed by atoms with van der Waals surface area (Å²) in [5.41, 5.74) is 0.270. The molecule has 31 heavy (non-hydrogen) atoms. The summed E-state index contributed by atoms with van der Waals surface area (Å²) in [7, 11) is -3.91. The van der Waals surface area contributed by atoms with Gasteiger partial charge in [0.05, 0.1) is 18.0 Å². The van der Waals surface area contributed by atoms with Gasteiger partial charge in [-0.1, -0.05) is 44.2 Å². The summed E-state index contributed by atoms with van der Waals surface area (Å²) in [6, 6.07) is 11.6. The van der Waals surface area contributed by atoms with Crippen LogP contribution in [-0.2, 0) is 14.8 Å². The molecule has 0 spiro atoms. The zero-order valence-electron chi connectivity index (χ0n) is 18.3. The van der Waals surface area contributed by atoms with Gasteiger partial charge in [0.15, 0.2) is 0 Å². The lowest BCUT2D eigenvalue weighted by Crippen LogP contribution is -2.51. The molecule has 3 rings (SSSR count). The molecule has 0 aromatic heterocycles. The van der Waals surface area contributed by atoms with Gasteiger partial charge in [0.2, 0.25) is 15.9 Å². The van der Waals surface area contributed by atoms with Crippen LogP contribution in [0.5, 0.6) is 5.75 Å². The predicted molar refractivity (Wildman–Crippen MR) is 119 cm³/mol. The van der Waals surface area contributed by atoms with Crippen LogP contribution in [0.2, 0.25) is 0 Å². The molecule has 0 bridgehead atoms. The Morgan fingerprint density at radius 2 is 1.81 bits per heavy atom. The smallest absolute Gasteiger partial charge is 0.244 e. The van der Waals surface area contributed by atoms with Gasteiger partial charge in [-0.2, -0.15) is 0 Å². The zero-order valence-corrected chi connectivity index (χ0v) is 19.1. The van der Waals surface area contributed by atoms with Crippen molar-refractivity contribution in [3.63, 3.8) is 0 Å². The van der Waals surface area contributed by atoms with E-state index >= 15 is 0 Å². The molecule has 1 amide bonds. The fourth-order valence-corrected chi connectivity index (χ4v) is 5.31. The van der Waals surface area contributed by atoms with E-state index in [1.54, 1.807) is 0 Å². The Morgan fingerprint density at radius 3 is 2.42 bits per heavy atom. The number of hydrogen-bond acceptors (Lipinski definition) is 4. The lowest BCUT2D eigenvalue weighted by molar-refractivity contribution is -0.123. The highest BCUT2D eigenvalue weighted by molar-refractivity contribution is 7.92. The lowest BCUT2D eigenvalue weighted by Gasteiger charge is -2.42. The van der Waals surface area contributed by atoms with E-state index in [1.807, 2.05) is 38.1 Å². The van der Waals surface area contributed by atoms with E-state index in [1.165, 1.54) is 31.2 Å². The Balaban J connectivity index is 1.93. The van der Waals surface area contributed by atoms with Crippen LogP contribution in [0.4, 0.5) is 10.1 Å². The number of halogens is 1. The molecule has 0 saturated heterocycles. The van der Waals surface area contributed by atoms with Crippen LogP contribution in [0.3, 0.4) is 0 Å². The van der Waals surface area contributed by atoms with Crippen molar-refractivity contribution < 1.29 is 22.3 Å².